The number of nitrogens with one attached hydrogen (secondary N) is 2. The van der Waals surface area contributed by atoms with Crippen molar-refractivity contribution in [2.75, 3.05) is 12.4 Å². The third kappa shape index (κ3) is 3.63. The highest BCUT2D eigenvalue weighted by atomic mass is 35.5. The van der Waals surface area contributed by atoms with E-state index in [1.165, 1.54) is 11.8 Å². The minimum atomic E-state index is -0.514. The van der Waals surface area contributed by atoms with E-state index in [0.717, 1.165) is 11.8 Å². The molecule has 9 heteroatoms. The maximum absolute atomic E-state index is 12.2. The molecule has 7 nitrogen and oxygen atoms in total. The van der Waals surface area contributed by atoms with Gasteiger partial charge in [0.2, 0.25) is 5.91 Å². The summed E-state index contributed by atoms with van der Waals surface area (Å²) in [5, 5.41) is 5.35. The molecule has 0 bridgehead atoms. The highest BCUT2D eigenvalue weighted by Crippen LogP contribution is 2.27. The van der Waals surface area contributed by atoms with Crippen molar-refractivity contribution in [3.63, 3.8) is 0 Å². The van der Waals surface area contributed by atoms with E-state index in [1.807, 2.05) is 0 Å². The normalized spacial score (nSPS) is 12.0. The van der Waals surface area contributed by atoms with Gasteiger partial charge in [-0.05, 0) is 42.2 Å². The van der Waals surface area contributed by atoms with Crippen LogP contribution in [0.25, 0.3) is 0 Å². The number of anilines is 1. The van der Waals surface area contributed by atoms with Gasteiger partial charge in [-0.2, -0.15) is 0 Å². The predicted octanol–water partition coefficient (Wildman–Crippen LogP) is 1.57. The van der Waals surface area contributed by atoms with E-state index in [4.69, 9.17) is 16.3 Å². The molecule has 0 aliphatic rings. The highest BCUT2D eigenvalue weighted by Gasteiger charge is 2.25. The van der Waals surface area contributed by atoms with Crippen molar-refractivity contribution in [1.29, 1.82) is 0 Å². The number of aromatic nitrogens is 2. The Labute approximate surface area is 135 Å². The number of benzene rings is 1. The molecule has 1 aromatic heterocycles. The van der Waals surface area contributed by atoms with Crippen LogP contribution in [0.2, 0.25) is 5.02 Å². The lowest BCUT2D eigenvalue weighted by molar-refractivity contribution is -0.772. The lowest BCUT2D eigenvalue weighted by Gasteiger charge is -2.10. The Bertz CT molecular complexity index is 743. The molecule has 2 rings (SSSR count). The Kier molecular flexibility index (Phi) is 5.15. The number of aromatic amines is 1. The molecule has 1 heterocycles. The first-order chi connectivity index (χ1) is 10.4. The SMILES string of the molecule is COc1ccc(NC(=O)C(C)Sc2c(=O)o[nH][n+]2C)cc1Cl. The number of hydrogen-bond acceptors (Lipinski definition) is 5. The fourth-order valence-electron chi connectivity index (χ4n) is 1.67. The van der Waals surface area contributed by atoms with Gasteiger partial charge in [-0.25, -0.2) is 4.79 Å². The van der Waals surface area contributed by atoms with Crippen LogP contribution in [-0.4, -0.2) is 23.5 Å². The van der Waals surface area contributed by atoms with Gasteiger partial charge >= 0.3 is 10.7 Å². The number of rotatable bonds is 5. The third-order valence-corrected chi connectivity index (χ3v) is 4.36. The Morgan fingerprint density at radius 2 is 2.27 bits per heavy atom. The number of nitrogens with zero attached hydrogens (tertiary/aromatic N) is 1. The lowest BCUT2D eigenvalue weighted by atomic mass is 10.3. The van der Waals surface area contributed by atoms with E-state index in [2.05, 4.69) is 15.1 Å². The van der Waals surface area contributed by atoms with Crippen LogP contribution in [0.4, 0.5) is 5.69 Å². The minimum absolute atomic E-state index is 0.258. The number of methoxy groups -OCH3 is 1. The largest absolute Gasteiger partial charge is 0.495 e. The molecule has 2 aromatic rings. The smallest absolute Gasteiger partial charge is 0.441 e. The fraction of sp³-hybridized carbons (Fsp3) is 0.308. The summed E-state index contributed by atoms with van der Waals surface area (Å²) in [7, 11) is 3.14. The Hall–Kier alpha value is -1.93. The van der Waals surface area contributed by atoms with E-state index >= 15 is 0 Å². The fourth-order valence-corrected chi connectivity index (χ4v) is 2.76. The molecule has 2 N–H and O–H groups in total. The van der Waals surface area contributed by atoms with E-state index in [1.54, 1.807) is 32.2 Å². The molecule has 1 atom stereocenters. The van der Waals surface area contributed by atoms with Gasteiger partial charge in [0.1, 0.15) is 5.75 Å². The van der Waals surface area contributed by atoms with Crippen molar-refractivity contribution in [3.05, 3.63) is 33.6 Å². The van der Waals surface area contributed by atoms with Crippen molar-refractivity contribution in [2.45, 2.75) is 17.2 Å². The van der Waals surface area contributed by atoms with Crippen LogP contribution in [0.1, 0.15) is 6.92 Å². The van der Waals surface area contributed by atoms with Crippen molar-refractivity contribution in [3.8, 4) is 5.75 Å². The first-order valence-corrected chi connectivity index (χ1v) is 7.56. The summed E-state index contributed by atoms with van der Waals surface area (Å²) >= 11 is 7.10. The molecule has 0 aliphatic carbocycles. The van der Waals surface area contributed by atoms with Crippen LogP contribution < -0.4 is 20.4 Å². The summed E-state index contributed by atoms with van der Waals surface area (Å²) in [4.78, 5) is 23.6. The number of carbonyl (C=O) groups excluding carboxylic acids is 1. The molecular weight excluding hydrogens is 330 g/mol. The molecule has 22 heavy (non-hydrogen) atoms. The van der Waals surface area contributed by atoms with Gasteiger partial charge in [0.25, 0.3) is 0 Å². The van der Waals surface area contributed by atoms with Gasteiger partial charge in [0.15, 0.2) is 7.05 Å². The maximum atomic E-state index is 12.2. The lowest BCUT2D eigenvalue weighted by Crippen LogP contribution is -2.35. The first-order valence-electron chi connectivity index (χ1n) is 6.31. The van der Waals surface area contributed by atoms with Crippen molar-refractivity contribution in [1.82, 2.24) is 5.27 Å². The molecule has 118 valence electrons. The van der Waals surface area contributed by atoms with Gasteiger partial charge in [-0.3, -0.25) is 9.32 Å². The molecule has 0 saturated carbocycles. The molecule has 1 unspecified atom stereocenters. The summed E-state index contributed by atoms with van der Waals surface area (Å²) in [5.41, 5.74) is 0.0355. The highest BCUT2D eigenvalue weighted by molar-refractivity contribution is 8.00. The zero-order valence-corrected chi connectivity index (χ0v) is 13.7. The maximum Gasteiger partial charge on any atom is 0.441 e. The number of ether oxygens (including phenoxy) is 1. The van der Waals surface area contributed by atoms with Crippen LogP contribution >= 0.6 is 23.4 Å². The van der Waals surface area contributed by atoms with Crippen LogP contribution in [0.3, 0.4) is 0 Å². The standard InChI is InChI=1S/C13H14ClN3O4S/c1-7(22-12-13(19)21-16-17(12)2)11(18)15-8-4-5-10(20-3)9(14)6-8/h4-7H,1-3H3,(H-,15,16,18,19)/p+1. The average Bonchev–Trinajstić information content (AvgIpc) is 2.79. The van der Waals surface area contributed by atoms with Crippen LogP contribution in [0, 0.1) is 0 Å². The number of carbonyl (C=O) groups is 1. The molecule has 0 aliphatic heterocycles. The van der Waals surface area contributed by atoms with Gasteiger partial charge in [-0.1, -0.05) is 16.3 Å². The van der Waals surface area contributed by atoms with Gasteiger partial charge in [-0.15, -0.1) is 0 Å². The quantitative estimate of drug-likeness (QED) is 0.635. The predicted molar refractivity (Wildman–Crippen MR) is 82.5 cm³/mol. The van der Waals surface area contributed by atoms with Crippen molar-refractivity contribution in [2.24, 2.45) is 7.05 Å². The van der Waals surface area contributed by atoms with E-state index in [9.17, 15) is 9.59 Å². The van der Waals surface area contributed by atoms with Crippen LogP contribution in [-0.2, 0) is 11.8 Å². The molecule has 0 spiro atoms. The van der Waals surface area contributed by atoms with Crippen molar-refractivity contribution < 1.29 is 18.7 Å². The third-order valence-electron chi connectivity index (χ3n) is 2.83. The summed E-state index contributed by atoms with van der Waals surface area (Å²) in [6.07, 6.45) is 0. The van der Waals surface area contributed by atoms with E-state index < -0.39 is 10.9 Å². The second-order valence-electron chi connectivity index (χ2n) is 4.44. The van der Waals surface area contributed by atoms with E-state index in [-0.39, 0.29) is 5.91 Å². The van der Waals surface area contributed by atoms with Crippen LogP contribution in [0.5, 0.6) is 5.75 Å². The Balaban J connectivity index is 2.05. The number of thioether (sulfide) groups is 1. The summed E-state index contributed by atoms with van der Waals surface area (Å²) in [6.45, 7) is 1.69. The van der Waals surface area contributed by atoms with Gasteiger partial charge in [0, 0.05) is 5.69 Å². The zero-order chi connectivity index (χ0) is 16.3. The van der Waals surface area contributed by atoms with Gasteiger partial charge < -0.3 is 10.1 Å². The van der Waals surface area contributed by atoms with Crippen molar-refractivity contribution >= 4 is 35.0 Å². The summed E-state index contributed by atoms with van der Waals surface area (Å²) in [5.74, 6) is 0.269. The molecule has 1 amide bonds. The minimum Gasteiger partial charge on any atom is -0.495 e. The number of halogens is 1. The second kappa shape index (κ2) is 6.89. The molecule has 1 aromatic carbocycles. The molecule has 0 fully saturated rings. The summed E-state index contributed by atoms with van der Waals surface area (Å²) in [6, 6.07) is 4.95. The number of aryl methyl sites for hydroxylation is 1. The zero-order valence-electron chi connectivity index (χ0n) is 12.2. The molecule has 0 radical (unpaired) electrons. The molecular formula is C13H15ClN3O4S+. The van der Waals surface area contributed by atoms with E-state index in [0.29, 0.717) is 21.5 Å². The number of amides is 1. The average molecular weight is 345 g/mol. The summed E-state index contributed by atoms with van der Waals surface area (Å²) < 4.78 is 11.1. The monoisotopic (exact) mass is 344 g/mol. The molecule has 0 saturated heterocycles. The second-order valence-corrected chi connectivity index (χ2v) is 6.18. The van der Waals surface area contributed by atoms with Crippen LogP contribution in [0.15, 0.2) is 32.5 Å². The topological polar surface area (TPSA) is 88.2 Å². The Morgan fingerprint density at radius 1 is 1.55 bits per heavy atom. The Morgan fingerprint density at radius 3 is 2.82 bits per heavy atom. The number of H-pyrrole nitrogens is 1. The number of hydrogen-bond donors (Lipinski definition) is 2. The first kappa shape index (κ1) is 16.4. The van der Waals surface area contributed by atoms with Gasteiger partial charge in [0.05, 0.1) is 17.4 Å².